The van der Waals surface area contributed by atoms with Crippen LogP contribution in [-0.2, 0) is 4.74 Å². The monoisotopic (exact) mass is 427 g/mol. The summed E-state index contributed by atoms with van der Waals surface area (Å²) in [6.45, 7) is 1.69. The zero-order valence-corrected chi connectivity index (χ0v) is 13.3. The van der Waals surface area contributed by atoms with Crippen molar-refractivity contribution in [3.63, 3.8) is 0 Å². The lowest BCUT2D eigenvalue weighted by Gasteiger charge is -2.32. The molecule has 3 nitrogen and oxygen atoms in total. The molecule has 1 atom stereocenters. The molecule has 1 saturated heterocycles. The topological polar surface area (TPSA) is 29.5 Å². The van der Waals surface area contributed by atoms with Crippen molar-refractivity contribution in [1.29, 1.82) is 0 Å². The van der Waals surface area contributed by atoms with Gasteiger partial charge < -0.3 is 9.64 Å². The Morgan fingerprint density at radius 3 is 3.06 bits per heavy atom. The molecule has 1 aliphatic heterocycles. The Morgan fingerprint density at radius 1 is 1.61 bits per heavy atom. The Balaban J connectivity index is 2.15. The molecule has 6 heteroatoms. The fourth-order valence-electron chi connectivity index (χ4n) is 1.83. The molecule has 0 aliphatic carbocycles. The van der Waals surface area contributed by atoms with Gasteiger partial charge in [0, 0.05) is 22.0 Å². The van der Waals surface area contributed by atoms with Crippen molar-refractivity contribution in [2.24, 2.45) is 0 Å². The number of hydrogen-bond donors (Lipinski definition) is 0. The SMILES string of the molecule is O=C(c1ccc(F)cc1I)N1CCOC(CBr)C1. The average Bonchev–Trinajstić information content (AvgIpc) is 2.38. The molecular weight excluding hydrogens is 416 g/mol. The Kier molecular flexibility index (Phi) is 4.97. The molecular formula is C12H12BrFINO2. The summed E-state index contributed by atoms with van der Waals surface area (Å²) in [5.41, 5.74) is 0.548. The van der Waals surface area contributed by atoms with Gasteiger partial charge in [0.15, 0.2) is 0 Å². The van der Waals surface area contributed by atoms with Gasteiger partial charge in [0.25, 0.3) is 5.91 Å². The number of nitrogens with zero attached hydrogens (tertiary/aromatic N) is 1. The van der Waals surface area contributed by atoms with Crippen LogP contribution >= 0.6 is 38.5 Å². The van der Waals surface area contributed by atoms with E-state index in [1.165, 1.54) is 18.2 Å². The molecule has 98 valence electrons. The molecule has 0 bridgehead atoms. The molecule has 1 fully saturated rings. The zero-order chi connectivity index (χ0) is 13.1. The predicted molar refractivity (Wildman–Crippen MR) is 78.6 cm³/mol. The highest BCUT2D eigenvalue weighted by atomic mass is 127. The molecule has 0 spiro atoms. The number of halogens is 3. The average molecular weight is 428 g/mol. The van der Waals surface area contributed by atoms with E-state index in [1.807, 2.05) is 22.6 Å². The summed E-state index contributed by atoms with van der Waals surface area (Å²) in [5, 5.41) is 0.706. The van der Waals surface area contributed by atoms with Crippen molar-refractivity contribution in [2.45, 2.75) is 6.10 Å². The summed E-state index contributed by atoms with van der Waals surface area (Å²) in [6, 6.07) is 4.23. The van der Waals surface area contributed by atoms with Crippen LogP contribution in [0.25, 0.3) is 0 Å². The Morgan fingerprint density at radius 2 is 2.39 bits per heavy atom. The molecule has 1 heterocycles. The van der Waals surface area contributed by atoms with Gasteiger partial charge in [-0.3, -0.25) is 4.79 Å². The summed E-state index contributed by atoms with van der Waals surface area (Å²) in [4.78, 5) is 14.1. The van der Waals surface area contributed by atoms with Crippen LogP contribution in [0.15, 0.2) is 18.2 Å². The van der Waals surface area contributed by atoms with Crippen molar-refractivity contribution < 1.29 is 13.9 Å². The third-order valence-electron chi connectivity index (χ3n) is 2.76. The highest BCUT2D eigenvalue weighted by Gasteiger charge is 2.25. The highest BCUT2D eigenvalue weighted by Crippen LogP contribution is 2.18. The van der Waals surface area contributed by atoms with Crippen LogP contribution in [0, 0.1) is 9.39 Å². The van der Waals surface area contributed by atoms with Gasteiger partial charge in [-0.2, -0.15) is 0 Å². The number of morpholine rings is 1. The van der Waals surface area contributed by atoms with E-state index in [2.05, 4.69) is 15.9 Å². The second-order valence-electron chi connectivity index (χ2n) is 4.02. The number of rotatable bonds is 2. The number of hydrogen-bond acceptors (Lipinski definition) is 2. The number of carbonyl (C=O) groups is 1. The van der Waals surface area contributed by atoms with E-state index in [4.69, 9.17) is 4.74 Å². The Hall–Kier alpha value is -0.210. The second-order valence-corrected chi connectivity index (χ2v) is 5.83. The van der Waals surface area contributed by atoms with E-state index in [1.54, 1.807) is 4.90 Å². The molecule has 1 aromatic carbocycles. The molecule has 0 N–H and O–H groups in total. The van der Waals surface area contributed by atoms with Crippen LogP contribution in [0.3, 0.4) is 0 Å². The molecule has 18 heavy (non-hydrogen) atoms. The maximum atomic E-state index is 13.0. The lowest BCUT2D eigenvalue weighted by atomic mass is 10.1. The minimum atomic E-state index is -0.323. The first-order valence-corrected chi connectivity index (χ1v) is 7.73. The van der Waals surface area contributed by atoms with Crippen molar-refractivity contribution >= 4 is 44.4 Å². The van der Waals surface area contributed by atoms with Gasteiger partial charge in [0.05, 0.1) is 18.3 Å². The zero-order valence-electron chi connectivity index (χ0n) is 9.54. The van der Waals surface area contributed by atoms with E-state index in [-0.39, 0.29) is 17.8 Å². The molecule has 0 aromatic heterocycles. The Labute approximate surface area is 127 Å². The molecule has 0 radical (unpaired) electrons. The van der Waals surface area contributed by atoms with E-state index >= 15 is 0 Å². The van der Waals surface area contributed by atoms with Gasteiger partial charge in [-0.05, 0) is 40.8 Å². The first kappa shape index (κ1) is 14.2. The first-order valence-electron chi connectivity index (χ1n) is 5.53. The molecule has 2 rings (SSSR count). The van der Waals surface area contributed by atoms with Crippen molar-refractivity contribution in [2.75, 3.05) is 25.0 Å². The maximum absolute atomic E-state index is 13.0. The predicted octanol–water partition coefficient (Wildman–Crippen LogP) is 2.67. The van der Waals surface area contributed by atoms with Crippen molar-refractivity contribution in [3.8, 4) is 0 Å². The van der Waals surface area contributed by atoms with E-state index in [9.17, 15) is 9.18 Å². The van der Waals surface area contributed by atoms with Crippen molar-refractivity contribution in [1.82, 2.24) is 4.90 Å². The maximum Gasteiger partial charge on any atom is 0.255 e. The largest absolute Gasteiger partial charge is 0.374 e. The Bertz CT molecular complexity index is 458. The standard InChI is InChI=1S/C12H12BrFINO2/c13-6-9-7-16(3-4-18-9)12(17)10-2-1-8(14)5-11(10)15/h1-2,5,9H,3-4,6-7H2. The van der Waals surface area contributed by atoms with Crippen molar-refractivity contribution in [3.05, 3.63) is 33.1 Å². The summed E-state index contributed by atoms with van der Waals surface area (Å²) < 4.78 is 19.1. The third kappa shape index (κ3) is 3.21. The van der Waals surface area contributed by atoms with Gasteiger partial charge in [-0.25, -0.2) is 4.39 Å². The smallest absolute Gasteiger partial charge is 0.255 e. The summed E-state index contributed by atoms with van der Waals surface area (Å²) in [5.74, 6) is -0.384. The van der Waals surface area contributed by atoms with Crippen LogP contribution in [-0.4, -0.2) is 41.9 Å². The van der Waals surface area contributed by atoms with Gasteiger partial charge >= 0.3 is 0 Å². The number of alkyl halides is 1. The summed E-state index contributed by atoms with van der Waals surface area (Å²) >= 11 is 5.34. The lowest BCUT2D eigenvalue weighted by molar-refractivity contribution is -0.00969. The van der Waals surface area contributed by atoms with Crippen LogP contribution < -0.4 is 0 Å². The van der Waals surface area contributed by atoms with Gasteiger partial charge in [0.2, 0.25) is 0 Å². The fraction of sp³-hybridized carbons (Fsp3) is 0.417. The van der Waals surface area contributed by atoms with E-state index < -0.39 is 0 Å². The highest BCUT2D eigenvalue weighted by molar-refractivity contribution is 14.1. The van der Waals surface area contributed by atoms with Gasteiger partial charge in [-0.15, -0.1) is 0 Å². The van der Waals surface area contributed by atoms with Gasteiger partial charge in [0.1, 0.15) is 5.82 Å². The number of amides is 1. The van der Waals surface area contributed by atoms with Gasteiger partial charge in [-0.1, -0.05) is 15.9 Å². The van der Waals surface area contributed by atoms with Crippen LogP contribution in [0.2, 0.25) is 0 Å². The number of benzene rings is 1. The lowest BCUT2D eigenvalue weighted by Crippen LogP contribution is -2.46. The minimum Gasteiger partial charge on any atom is -0.374 e. The normalized spacial score (nSPS) is 19.9. The van der Waals surface area contributed by atoms with Crippen LogP contribution in [0.4, 0.5) is 4.39 Å². The third-order valence-corrected chi connectivity index (χ3v) is 4.37. The molecule has 1 aliphatic rings. The summed E-state index contributed by atoms with van der Waals surface area (Å²) in [7, 11) is 0. The fourth-order valence-corrected chi connectivity index (χ4v) is 2.93. The first-order chi connectivity index (χ1) is 8.61. The quantitative estimate of drug-likeness (QED) is 0.536. The molecule has 1 aromatic rings. The molecule has 0 saturated carbocycles. The minimum absolute atomic E-state index is 0.0285. The van der Waals surface area contributed by atoms with Crippen LogP contribution in [0.5, 0.6) is 0 Å². The molecule has 1 amide bonds. The second kappa shape index (κ2) is 6.29. The summed E-state index contributed by atoms with van der Waals surface area (Å²) in [6.07, 6.45) is 0.0285. The van der Waals surface area contributed by atoms with E-state index in [0.29, 0.717) is 34.2 Å². The number of ether oxygens (including phenoxy) is 1. The molecule has 1 unspecified atom stereocenters. The van der Waals surface area contributed by atoms with E-state index in [0.717, 1.165) is 0 Å². The van der Waals surface area contributed by atoms with Crippen LogP contribution in [0.1, 0.15) is 10.4 Å². The number of carbonyl (C=O) groups excluding carboxylic acids is 1.